The molecule has 0 aliphatic carbocycles. The minimum atomic E-state index is 0. The zero-order valence-electron chi connectivity index (χ0n) is 14.3. The fourth-order valence-electron chi connectivity index (χ4n) is 2.48. The summed E-state index contributed by atoms with van der Waals surface area (Å²) in [4.78, 5) is 5.59. The van der Waals surface area contributed by atoms with Gasteiger partial charge in [-0.05, 0) is 48.9 Å². The van der Waals surface area contributed by atoms with Gasteiger partial charge in [-0.3, -0.25) is 0 Å². The summed E-state index contributed by atoms with van der Waals surface area (Å²) in [6.07, 6.45) is 0. The molecule has 26 heavy (non-hydrogen) atoms. The van der Waals surface area contributed by atoms with Crippen molar-refractivity contribution in [1.29, 1.82) is 0 Å². The zero-order valence-corrected chi connectivity index (χ0v) is 18.4. The molecular formula is C19H20Br2N2O2S. The first-order valence-electron chi connectivity index (χ1n) is 8.04. The van der Waals surface area contributed by atoms with Crippen LogP contribution in [0.4, 0.5) is 5.69 Å². The van der Waals surface area contributed by atoms with E-state index in [1.807, 2.05) is 47.9 Å². The average Bonchev–Trinajstić information content (AvgIpc) is 3.01. The van der Waals surface area contributed by atoms with E-state index in [2.05, 4.69) is 33.4 Å². The van der Waals surface area contributed by atoms with E-state index in [0.29, 0.717) is 13.2 Å². The summed E-state index contributed by atoms with van der Waals surface area (Å²) in [6.45, 7) is 3.18. The monoisotopic (exact) mass is 498 g/mol. The molecule has 0 atom stereocenters. The smallest absolute Gasteiger partial charge is 0.190 e. The number of thiazole rings is 1. The van der Waals surface area contributed by atoms with Crippen molar-refractivity contribution in [2.24, 2.45) is 4.99 Å². The molecule has 0 unspecified atom stereocenters. The van der Waals surface area contributed by atoms with Crippen molar-refractivity contribution in [2.45, 2.75) is 13.5 Å². The van der Waals surface area contributed by atoms with Crippen LogP contribution in [0.2, 0.25) is 0 Å². The minimum Gasteiger partial charge on any atom is -0.494 e. The number of hydrogen-bond donors (Lipinski definition) is 1. The number of rotatable bonds is 6. The molecule has 0 aliphatic rings. The molecule has 1 aromatic heterocycles. The zero-order chi connectivity index (χ0) is 17.6. The first-order chi connectivity index (χ1) is 12.2. The van der Waals surface area contributed by atoms with Crippen LogP contribution < -0.4 is 9.54 Å². The number of aliphatic hydroxyl groups excluding tert-OH is 1. The maximum atomic E-state index is 9.46. The number of ether oxygens (including phenoxy) is 1. The standard InChI is InChI=1S/C19H19BrN2O2S.BrH/c1-2-24-17-9-7-16(8-10-17)21-19-22(11-12-23)18(13-25-19)14-3-5-15(20)6-4-14;/h3-10,13,23H,2,11-12H2,1H3;1H. The van der Waals surface area contributed by atoms with Crippen molar-refractivity contribution in [3.05, 3.63) is 63.2 Å². The van der Waals surface area contributed by atoms with Gasteiger partial charge in [0.2, 0.25) is 0 Å². The molecule has 7 heteroatoms. The third-order valence-electron chi connectivity index (χ3n) is 3.63. The van der Waals surface area contributed by atoms with Crippen LogP contribution >= 0.6 is 44.2 Å². The summed E-state index contributed by atoms with van der Waals surface area (Å²) in [7, 11) is 0. The summed E-state index contributed by atoms with van der Waals surface area (Å²) in [5.74, 6) is 0.839. The van der Waals surface area contributed by atoms with Crippen LogP contribution in [-0.4, -0.2) is 22.9 Å². The van der Waals surface area contributed by atoms with Gasteiger partial charge in [0.1, 0.15) is 5.75 Å². The molecule has 2 aromatic carbocycles. The molecule has 0 amide bonds. The molecular weight excluding hydrogens is 480 g/mol. The SMILES string of the molecule is Br.CCOc1ccc(N=c2scc(-c3ccc(Br)cc3)n2CCO)cc1. The highest BCUT2D eigenvalue weighted by Crippen LogP contribution is 2.23. The Bertz CT molecular complexity index is 887. The fraction of sp³-hybridized carbons (Fsp3) is 0.211. The fourth-order valence-corrected chi connectivity index (χ4v) is 3.70. The first kappa shape index (κ1) is 20.9. The Kier molecular flexibility index (Phi) is 8.09. The van der Waals surface area contributed by atoms with Gasteiger partial charge in [0.25, 0.3) is 0 Å². The van der Waals surface area contributed by atoms with E-state index in [9.17, 15) is 5.11 Å². The summed E-state index contributed by atoms with van der Waals surface area (Å²) in [6, 6.07) is 15.9. The summed E-state index contributed by atoms with van der Waals surface area (Å²) in [5, 5.41) is 11.5. The van der Waals surface area contributed by atoms with Gasteiger partial charge in [-0.1, -0.05) is 28.1 Å². The highest BCUT2D eigenvalue weighted by Gasteiger charge is 2.08. The van der Waals surface area contributed by atoms with Crippen LogP contribution in [0.25, 0.3) is 11.3 Å². The largest absolute Gasteiger partial charge is 0.494 e. The van der Waals surface area contributed by atoms with Gasteiger partial charge in [-0.2, -0.15) is 0 Å². The van der Waals surface area contributed by atoms with Crippen molar-refractivity contribution in [3.63, 3.8) is 0 Å². The second kappa shape index (κ2) is 10.1. The lowest BCUT2D eigenvalue weighted by molar-refractivity contribution is 0.275. The van der Waals surface area contributed by atoms with E-state index >= 15 is 0 Å². The van der Waals surface area contributed by atoms with E-state index in [-0.39, 0.29) is 23.6 Å². The molecule has 0 fully saturated rings. The van der Waals surface area contributed by atoms with Gasteiger partial charge < -0.3 is 14.4 Å². The summed E-state index contributed by atoms with van der Waals surface area (Å²) < 4.78 is 8.55. The number of aromatic nitrogens is 1. The van der Waals surface area contributed by atoms with Crippen LogP contribution in [0, 0.1) is 0 Å². The maximum Gasteiger partial charge on any atom is 0.190 e. The third-order valence-corrected chi connectivity index (χ3v) is 5.03. The Morgan fingerprint density at radius 2 is 1.81 bits per heavy atom. The molecule has 4 nitrogen and oxygen atoms in total. The molecule has 0 spiro atoms. The lowest BCUT2D eigenvalue weighted by atomic mass is 10.2. The van der Waals surface area contributed by atoms with Crippen molar-refractivity contribution < 1.29 is 9.84 Å². The molecule has 0 aliphatic heterocycles. The Balaban J connectivity index is 0.00000243. The van der Waals surface area contributed by atoms with Gasteiger partial charge in [0.05, 0.1) is 24.6 Å². The van der Waals surface area contributed by atoms with Gasteiger partial charge in [0.15, 0.2) is 4.80 Å². The lowest BCUT2D eigenvalue weighted by Gasteiger charge is -2.07. The molecule has 0 radical (unpaired) electrons. The molecule has 3 rings (SSSR count). The molecule has 0 saturated carbocycles. The second-order valence-electron chi connectivity index (χ2n) is 5.32. The van der Waals surface area contributed by atoms with Crippen LogP contribution in [0.5, 0.6) is 5.75 Å². The van der Waals surface area contributed by atoms with Gasteiger partial charge in [0, 0.05) is 16.4 Å². The molecule has 3 aromatic rings. The van der Waals surface area contributed by atoms with Crippen LogP contribution in [0.15, 0.2) is 63.4 Å². The van der Waals surface area contributed by atoms with E-state index in [1.165, 1.54) is 0 Å². The average molecular weight is 500 g/mol. The highest BCUT2D eigenvalue weighted by atomic mass is 79.9. The van der Waals surface area contributed by atoms with Gasteiger partial charge in [-0.15, -0.1) is 28.3 Å². The van der Waals surface area contributed by atoms with E-state index in [4.69, 9.17) is 9.73 Å². The highest BCUT2D eigenvalue weighted by molar-refractivity contribution is 9.10. The molecule has 0 saturated heterocycles. The lowest BCUT2D eigenvalue weighted by Crippen LogP contribution is -2.17. The van der Waals surface area contributed by atoms with Gasteiger partial charge in [-0.25, -0.2) is 4.99 Å². The van der Waals surface area contributed by atoms with Crippen molar-refractivity contribution in [1.82, 2.24) is 4.57 Å². The van der Waals surface area contributed by atoms with Crippen LogP contribution in [0.1, 0.15) is 6.92 Å². The number of aliphatic hydroxyl groups is 1. The van der Waals surface area contributed by atoms with E-state index in [0.717, 1.165) is 32.0 Å². The number of hydrogen-bond acceptors (Lipinski definition) is 4. The predicted octanol–water partition coefficient (Wildman–Crippen LogP) is 5.18. The van der Waals surface area contributed by atoms with E-state index < -0.39 is 0 Å². The Morgan fingerprint density at radius 1 is 1.12 bits per heavy atom. The van der Waals surface area contributed by atoms with Crippen molar-refractivity contribution >= 4 is 49.9 Å². The number of benzene rings is 2. The Labute approximate surface area is 175 Å². The number of halogens is 2. The number of nitrogens with zero attached hydrogens (tertiary/aromatic N) is 2. The molecule has 1 N–H and O–H groups in total. The predicted molar refractivity (Wildman–Crippen MR) is 116 cm³/mol. The first-order valence-corrected chi connectivity index (χ1v) is 9.71. The maximum absolute atomic E-state index is 9.46. The van der Waals surface area contributed by atoms with E-state index in [1.54, 1.807) is 11.3 Å². The Morgan fingerprint density at radius 3 is 2.42 bits per heavy atom. The quantitative estimate of drug-likeness (QED) is 0.507. The van der Waals surface area contributed by atoms with Crippen LogP contribution in [-0.2, 0) is 6.54 Å². The van der Waals surface area contributed by atoms with Crippen molar-refractivity contribution in [2.75, 3.05) is 13.2 Å². The van der Waals surface area contributed by atoms with Crippen LogP contribution in [0.3, 0.4) is 0 Å². The minimum absolute atomic E-state index is 0. The summed E-state index contributed by atoms with van der Waals surface area (Å²) >= 11 is 5.03. The topological polar surface area (TPSA) is 46.8 Å². The molecule has 0 bridgehead atoms. The molecule has 138 valence electrons. The van der Waals surface area contributed by atoms with Crippen molar-refractivity contribution in [3.8, 4) is 17.0 Å². The second-order valence-corrected chi connectivity index (χ2v) is 7.08. The normalized spacial score (nSPS) is 11.3. The van der Waals surface area contributed by atoms with Gasteiger partial charge >= 0.3 is 0 Å². The summed E-state index contributed by atoms with van der Waals surface area (Å²) in [5.41, 5.74) is 3.01. The third kappa shape index (κ3) is 5.07. The Hall–Kier alpha value is -1.41. The molecule has 1 heterocycles.